The smallest absolute Gasteiger partial charge is 0.412 e. The fraction of sp³-hybridized carbons (Fsp3) is 0.333. The monoisotopic (exact) mass is 269 g/mol. The molecule has 4 N–H and O–H groups in total. The second kappa shape index (κ2) is 5.55. The molecule has 0 spiro atoms. The maximum Gasteiger partial charge on any atom is 0.412 e. The summed E-state index contributed by atoms with van der Waals surface area (Å²) in [4.78, 5) is 11.6. The number of benzene rings is 1. The highest BCUT2D eigenvalue weighted by Gasteiger charge is 2.18. The molecule has 19 heavy (non-hydrogen) atoms. The molecule has 1 amide bonds. The Hall–Kier alpha value is -2.31. The number of amidine groups is 1. The van der Waals surface area contributed by atoms with Crippen molar-refractivity contribution in [1.82, 2.24) is 0 Å². The predicted octanol–water partition coefficient (Wildman–Crippen LogP) is 2.27. The zero-order valence-corrected chi connectivity index (χ0v) is 10.9. The molecule has 0 unspecified atom stereocenters. The van der Waals surface area contributed by atoms with Crippen LogP contribution in [0.5, 0.6) is 0 Å². The van der Waals surface area contributed by atoms with Gasteiger partial charge in [-0.05, 0) is 39.0 Å². The SMILES string of the molecule is CC(C)(C)OC(=O)Nc1ccc(F)cc1/C(N)=N/O. The molecule has 0 saturated heterocycles. The maximum atomic E-state index is 13.1. The summed E-state index contributed by atoms with van der Waals surface area (Å²) in [7, 11) is 0. The van der Waals surface area contributed by atoms with E-state index in [2.05, 4.69) is 10.5 Å². The molecule has 0 bridgehead atoms. The van der Waals surface area contributed by atoms with E-state index in [4.69, 9.17) is 15.7 Å². The molecule has 1 rings (SSSR count). The van der Waals surface area contributed by atoms with Gasteiger partial charge in [0.2, 0.25) is 0 Å². The van der Waals surface area contributed by atoms with Crippen LogP contribution >= 0.6 is 0 Å². The molecule has 104 valence electrons. The van der Waals surface area contributed by atoms with Gasteiger partial charge in [-0.2, -0.15) is 0 Å². The summed E-state index contributed by atoms with van der Waals surface area (Å²) in [6.45, 7) is 5.13. The number of nitrogens with one attached hydrogen (secondary N) is 1. The van der Waals surface area contributed by atoms with E-state index in [0.717, 1.165) is 12.1 Å². The van der Waals surface area contributed by atoms with Gasteiger partial charge in [-0.25, -0.2) is 9.18 Å². The highest BCUT2D eigenvalue weighted by molar-refractivity contribution is 6.04. The van der Waals surface area contributed by atoms with Crippen LogP contribution in [0.1, 0.15) is 26.3 Å². The van der Waals surface area contributed by atoms with E-state index in [-0.39, 0.29) is 17.1 Å². The van der Waals surface area contributed by atoms with Crippen LogP contribution in [-0.2, 0) is 4.74 Å². The van der Waals surface area contributed by atoms with Crippen LogP contribution < -0.4 is 11.1 Å². The van der Waals surface area contributed by atoms with Crippen molar-refractivity contribution in [3.05, 3.63) is 29.6 Å². The van der Waals surface area contributed by atoms with E-state index in [1.54, 1.807) is 20.8 Å². The number of anilines is 1. The van der Waals surface area contributed by atoms with Gasteiger partial charge in [-0.3, -0.25) is 5.32 Å². The Balaban J connectivity index is 2.98. The summed E-state index contributed by atoms with van der Waals surface area (Å²) in [5.74, 6) is -0.887. The molecule has 0 atom stereocenters. The fourth-order valence-electron chi connectivity index (χ4n) is 1.30. The number of ether oxygens (including phenoxy) is 1. The molecular formula is C12H16FN3O3. The van der Waals surface area contributed by atoms with Crippen molar-refractivity contribution >= 4 is 17.6 Å². The lowest BCUT2D eigenvalue weighted by Crippen LogP contribution is -2.28. The first-order valence-electron chi connectivity index (χ1n) is 5.50. The largest absolute Gasteiger partial charge is 0.444 e. The van der Waals surface area contributed by atoms with E-state index in [1.807, 2.05) is 0 Å². The van der Waals surface area contributed by atoms with Gasteiger partial charge in [0.15, 0.2) is 5.84 Å². The molecular weight excluding hydrogens is 253 g/mol. The van der Waals surface area contributed by atoms with E-state index in [1.165, 1.54) is 6.07 Å². The average molecular weight is 269 g/mol. The van der Waals surface area contributed by atoms with Gasteiger partial charge in [-0.1, -0.05) is 5.16 Å². The van der Waals surface area contributed by atoms with Gasteiger partial charge < -0.3 is 15.7 Å². The summed E-state index contributed by atoms with van der Waals surface area (Å²) in [6.07, 6.45) is -0.717. The Morgan fingerprint density at radius 3 is 2.63 bits per heavy atom. The second-order valence-electron chi connectivity index (χ2n) is 4.80. The Morgan fingerprint density at radius 1 is 1.47 bits per heavy atom. The minimum atomic E-state index is -0.717. The van der Waals surface area contributed by atoms with E-state index >= 15 is 0 Å². The minimum Gasteiger partial charge on any atom is -0.444 e. The van der Waals surface area contributed by atoms with Crippen LogP contribution in [0.3, 0.4) is 0 Å². The number of carbonyl (C=O) groups is 1. The van der Waals surface area contributed by atoms with Gasteiger partial charge in [0.05, 0.1) is 5.69 Å². The molecule has 0 radical (unpaired) electrons. The number of carbonyl (C=O) groups excluding carboxylic acids is 1. The third-order valence-corrected chi connectivity index (χ3v) is 2.00. The van der Waals surface area contributed by atoms with Gasteiger partial charge in [-0.15, -0.1) is 0 Å². The molecule has 0 aliphatic heterocycles. The summed E-state index contributed by atoms with van der Waals surface area (Å²) < 4.78 is 18.2. The second-order valence-corrected chi connectivity index (χ2v) is 4.80. The quantitative estimate of drug-likeness (QED) is 0.332. The van der Waals surface area contributed by atoms with E-state index in [9.17, 15) is 9.18 Å². The molecule has 0 aliphatic rings. The van der Waals surface area contributed by atoms with Gasteiger partial charge >= 0.3 is 6.09 Å². The lowest BCUT2D eigenvalue weighted by molar-refractivity contribution is 0.0636. The van der Waals surface area contributed by atoms with Crippen LogP contribution in [0, 0.1) is 5.82 Å². The van der Waals surface area contributed by atoms with Crippen LogP contribution in [-0.4, -0.2) is 22.7 Å². The van der Waals surface area contributed by atoms with E-state index < -0.39 is 17.5 Å². The zero-order chi connectivity index (χ0) is 14.6. The number of nitrogens with zero attached hydrogens (tertiary/aromatic N) is 1. The predicted molar refractivity (Wildman–Crippen MR) is 68.8 cm³/mol. The molecule has 0 aromatic heterocycles. The topological polar surface area (TPSA) is 96.9 Å². The number of oxime groups is 1. The number of rotatable bonds is 2. The Labute approximate surface area is 110 Å². The van der Waals surface area contributed by atoms with Crippen molar-refractivity contribution in [1.29, 1.82) is 0 Å². The standard InChI is InChI=1S/C12H16FN3O3/c1-12(2,3)19-11(17)15-9-5-4-7(13)6-8(9)10(14)16-18/h4-6,18H,1-3H3,(H2,14,16)(H,15,17). The summed E-state index contributed by atoms with van der Waals surface area (Å²) in [6, 6.07) is 3.48. The molecule has 0 heterocycles. The molecule has 0 saturated carbocycles. The van der Waals surface area contributed by atoms with Gasteiger partial charge in [0, 0.05) is 5.56 Å². The highest BCUT2D eigenvalue weighted by atomic mass is 19.1. The summed E-state index contributed by atoms with van der Waals surface area (Å²) in [5, 5.41) is 13.8. The Kier molecular flexibility index (Phi) is 4.31. The van der Waals surface area contributed by atoms with Crippen LogP contribution in [0.25, 0.3) is 0 Å². The number of nitrogens with two attached hydrogens (primary N) is 1. The highest BCUT2D eigenvalue weighted by Crippen LogP contribution is 2.18. The number of hydrogen-bond acceptors (Lipinski definition) is 4. The van der Waals surface area contributed by atoms with Gasteiger partial charge in [0.25, 0.3) is 0 Å². The van der Waals surface area contributed by atoms with Crippen molar-refractivity contribution in [3.8, 4) is 0 Å². The number of hydrogen-bond donors (Lipinski definition) is 3. The molecule has 0 fully saturated rings. The zero-order valence-electron chi connectivity index (χ0n) is 10.9. The fourth-order valence-corrected chi connectivity index (χ4v) is 1.30. The number of amides is 1. The van der Waals surface area contributed by atoms with Crippen molar-refractivity contribution in [2.45, 2.75) is 26.4 Å². The molecule has 1 aromatic carbocycles. The first kappa shape index (κ1) is 14.7. The molecule has 1 aromatic rings. The first-order valence-corrected chi connectivity index (χ1v) is 5.50. The molecule has 6 nitrogen and oxygen atoms in total. The molecule has 7 heteroatoms. The summed E-state index contributed by atoms with van der Waals surface area (Å²) >= 11 is 0. The lowest BCUT2D eigenvalue weighted by Gasteiger charge is -2.20. The normalized spacial score (nSPS) is 12.1. The Morgan fingerprint density at radius 2 is 2.11 bits per heavy atom. The molecule has 0 aliphatic carbocycles. The lowest BCUT2D eigenvalue weighted by atomic mass is 10.1. The third-order valence-electron chi connectivity index (χ3n) is 2.00. The van der Waals surface area contributed by atoms with Crippen LogP contribution in [0.15, 0.2) is 23.4 Å². The third kappa shape index (κ3) is 4.46. The van der Waals surface area contributed by atoms with Crippen molar-refractivity contribution < 1.29 is 19.1 Å². The van der Waals surface area contributed by atoms with Crippen molar-refractivity contribution in [2.24, 2.45) is 10.9 Å². The number of halogens is 1. The maximum absolute atomic E-state index is 13.1. The van der Waals surface area contributed by atoms with Gasteiger partial charge in [0.1, 0.15) is 11.4 Å². The van der Waals surface area contributed by atoms with Crippen LogP contribution in [0.4, 0.5) is 14.9 Å². The first-order chi connectivity index (χ1) is 8.73. The Bertz CT molecular complexity index is 509. The van der Waals surface area contributed by atoms with E-state index in [0.29, 0.717) is 0 Å². The van der Waals surface area contributed by atoms with Crippen molar-refractivity contribution in [2.75, 3.05) is 5.32 Å². The van der Waals surface area contributed by atoms with Crippen molar-refractivity contribution in [3.63, 3.8) is 0 Å². The summed E-state index contributed by atoms with van der Waals surface area (Å²) in [5.41, 5.74) is 4.99. The average Bonchev–Trinajstić information content (AvgIpc) is 2.28. The minimum absolute atomic E-state index is 0.0633. The van der Waals surface area contributed by atoms with Crippen LogP contribution in [0.2, 0.25) is 0 Å².